The monoisotopic (exact) mass is 226 g/mol. The van der Waals surface area contributed by atoms with E-state index < -0.39 is 31.5 Å². The van der Waals surface area contributed by atoms with Crippen LogP contribution in [0.5, 0.6) is 0 Å². The van der Waals surface area contributed by atoms with Gasteiger partial charge in [0.25, 0.3) is 6.43 Å². The maximum atomic E-state index is 11.5. The number of rotatable bonds is 8. The molecule has 6 nitrogen and oxygen atoms in total. The van der Waals surface area contributed by atoms with E-state index in [1.165, 1.54) is 0 Å². The molecule has 0 radical (unpaired) electrons. The number of halogens is 2. The molecule has 2 amide bonds. The SMILES string of the molecule is NC(=O)CONC(=O)CCOCC(F)F. The second-order valence-electron chi connectivity index (χ2n) is 2.50. The van der Waals surface area contributed by atoms with Crippen molar-refractivity contribution in [2.45, 2.75) is 12.8 Å². The summed E-state index contributed by atoms with van der Waals surface area (Å²) in [5.74, 6) is -1.31. The molecule has 0 aliphatic heterocycles. The maximum Gasteiger partial charge on any atom is 0.261 e. The topological polar surface area (TPSA) is 90.7 Å². The van der Waals surface area contributed by atoms with Crippen molar-refractivity contribution in [2.75, 3.05) is 19.8 Å². The standard InChI is InChI=1S/C7H12F2N2O4/c8-5(9)3-14-2-1-7(13)11-15-4-6(10)12/h5H,1-4H2,(H2,10,12)(H,11,13). The van der Waals surface area contributed by atoms with Crippen LogP contribution < -0.4 is 11.2 Å². The Kier molecular flexibility index (Phi) is 7.38. The molecule has 0 fully saturated rings. The van der Waals surface area contributed by atoms with Crippen LogP contribution in [0.1, 0.15) is 6.42 Å². The minimum atomic E-state index is -2.56. The van der Waals surface area contributed by atoms with Gasteiger partial charge in [-0.1, -0.05) is 0 Å². The van der Waals surface area contributed by atoms with Crippen molar-refractivity contribution in [3.05, 3.63) is 0 Å². The van der Waals surface area contributed by atoms with Crippen LogP contribution in [0.25, 0.3) is 0 Å². The van der Waals surface area contributed by atoms with Crippen LogP contribution in [0, 0.1) is 0 Å². The van der Waals surface area contributed by atoms with Gasteiger partial charge in [-0.25, -0.2) is 14.3 Å². The molecule has 0 aliphatic carbocycles. The molecular weight excluding hydrogens is 214 g/mol. The molecule has 15 heavy (non-hydrogen) atoms. The van der Waals surface area contributed by atoms with Crippen molar-refractivity contribution in [1.29, 1.82) is 0 Å². The van der Waals surface area contributed by atoms with Gasteiger partial charge in [-0.3, -0.25) is 14.4 Å². The van der Waals surface area contributed by atoms with E-state index in [9.17, 15) is 18.4 Å². The fourth-order valence-corrected chi connectivity index (χ4v) is 0.576. The molecule has 88 valence electrons. The zero-order chi connectivity index (χ0) is 11.7. The minimum absolute atomic E-state index is 0.133. The first-order chi connectivity index (χ1) is 7.02. The first-order valence-corrected chi connectivity index (χ1v) is 4.07. The Morgan fingerprint density at radius 2 is 2.07 bits per heavy atom. The van der Waals surface area contributed by atoms with Crippen molar-refractivity contribution in [1.82, 2.24) is 5.48 Å². The van der Waals surface area contributed by atoms with Gasteiger partial charge in [-0.05, 0) is 0 Å². The van der Waals surface area contributed by atoms with Crippen LogP contribution in [-0.4, -0.2) is 38.1 Å². The van der Waals surface area contributed by atoms with Crippen molar-refractivity contribution >= 4 is 11.8 Å². The molecule has 0 spiro atoms. The van der Waals surface area contributed by atoms with E-state index in [4.69, 9.17) is 5.73 Å². The van der Waals surface area contributed by atoms with E-state index in [2.05, 4.69) is 9.57 Å². The van der Waals surface area contributed by atoms with E-state index >= 15 is 0 Å². The highest BCUT2D eigenvalue weighted by atomic mass is 19.3. The first-order valence-electron chi connectivity index (χ1n) is 4.07. The van der Waals surface area contributed by atoms with Crippen LogP contribution in [0.15, 0.2) is 0 Å². The smallest absolute Gasteiger partial charge is 0.261 e. The number of primary amides is 1. The first kappa shape index (κ1) is 13.7. The second-order valence-corrected chi connectivity index (χ2v) is 2.50. The number of carbonyl (C=O) groups excluding carboxylic acids is 2. The molecule has 0 saturated heterocycles. The molecule has 3 N–H and O–H groups in total. The van der Waals surface area contributed by atoms with E-state index in [1.807, 2.05) is 5.48 Å². The lowest BCUT2D eigenvalue weighted by Gasteiger charge is -2.04. The number of alkyl halides is 2. The average Bonchev–Trinajstić information content (AvgIpc) is 2.11. The Morgan fingerprint density at radius 3 is 2.60 bits per heavy atom. The van der Waals surface area contributed by atoms with Gasteiger partial charge in [-0.15, -0.1) is 0 Å². The normalized spacial score (nSPS) is 10.3. The van der Waals surface area contributed by atoms with Crippen molar-refractivity contribution < 1.29 is 27.9 Å². The Morgan fingerprint density at radius 1 is 1.40 bits per heavy atom. The molecule has 0 aliphatic rings. The van der Waals surface area contributed by atoms with Crippen LogP contribution in [0.2, 0.25) is 0 Å². The van der Waals surface area contributed by atoms with Crippen molar-refractivity contribution in [2.24, 2.45) is 5.73 Å². The Labute approximate surface area is 84.7 Å². The predicted octanol–water partition coefficient (Wildman–Crippen LogP) is -0.809. The quantitative estimate of drug-likeness (QED) is 0.418. The van der Waals surface area contributed by atoms with E-state index in [-0.39, 0.29) is 13.0 Å². The van der Waals surface area contributed by atoms with Crippen LogP contribution in [0.4, 0.5) is 8.78 Å². The Bertz CT molecular complexity index is 213. The van der Waals surface area contributed by atoms with E-state index in [0.29, 0.717) is 0 Å². The molecule has 0 unspecified atom stereocenters. The summed E-state index contributed by atoms with van der Waals surface area (Å²) in [4.78, 5) is 25.3. The number of hydrogen-bond acceptors (Lipinski definition) is 4. The molecular formula is C7H12F2N2O4. The summed E-state index contributed by atoms with van der Waals surface area (Å²) >= 11 is 0. The summed E-state index contributed by atoms with van der Waals surface area (Å²) in [6.45, 7) is -1.30. The van der Waals surface area contributed by atoms with Crippen LogP contribution in [0.3, 0.4) is 0 Å². The zero-order valence-electron chi connectivity index (χ0n) is 7.87. The third-order valence-electron chi connectivity index (χ3n) is 1.12. The maximum absolute atomic E-state index is 11.5. The summed E-state index contributed by atoms with van der Waals surface area (Å²) in [7, 11) is 0. The van der Waals surface area contributed by atoms with Gasteiger partial charge in [0.2, 0.25) is 11.8 Å². The lowest BCUT2D eigenvalue weighted by Crippen LogP contribution is -2.30. The summed E-state index contributed by atoms with van der Waals surface area (Å²) in [5.41, 5.74) is 6.61. The Balaban J connectivity index is 3.30. The van der Waals surface area contributed by atoms with Crippen molar-refractivity contribution in [3.8, 4) is 0 Å². The van der Waals surface area contributed by atoms with E-state index in [0.717, 1.165) is 0 Å². The third kappa shape index (κ3) is 10.6. The Hall–Kier alpha value is -1.28. The number of hydroxylamine groups is 1. The van der Waals surface area contributed by atoms with Gasteiger partial charge < -0.3 is 10.5 Å². The highest BCUT2D eigenvalue weighted by Gasteiger charge is 2.05. The highest BCUT2D eigenvalue weighted by molar-refractivity contribution is 5.76. The fraction of sp³-hybridized carbons (Fsp3) is 0.714. The van der Waals surface area contributed by atoms with Crippen LogP contribution >= 0.6 is 0 Å². The molecule has 0 aromatic heterocycles. The molecule has 0 rings (SSSR count). The highest BCUT2D eigenvalue weighted by Crippen LogP contribution is 1.93. The van der Waals surface area contributed by atoms with Gasteiger partial charge in [0.1, 0.15) is 6.61 Å². The molecule has 0 aromatic rings. The fourth-order valence-electron chi connectivity index (χ4n) is 0.576. The van der Waals surface area contributed by atoms with Gasteiger partial charge in [-0.2, -0.15) is 0 Å². The summed E-state index contributed by atoms with van der Waals surface area (Å²) in [6.07, 6.45) is -2.69. The number of hydrogen-bond donors (Lipinski definition) is 2. The average molecular weight is 226 g/mol. The van der Waals surface area contributed by atoms with Gasteiger partial charge in [0.05, 0.1) is 13.0 Å². The number of nitrogens with two attached hydrogens (primary N) is 1. The number of carbonyl (C=O) groups is 2. The van der Waals surface area contributed by atoms with Crippen molar-refractivity contribution in [3.63, 3.8) is 0 Å². The second kappa shape index (κ2) is 8.06. The number of ether oxygens (including phenoxy) is 1. The van der Waals surface area contributed by atoms with Crippen LogP contribution in [-0.2, 0) is 19.2 Å². The molecule has 8 heteroatoms. The summed E-state index contributed by atoms with van der Waals surface area (Å²) < 4.78 is 27.5. The predicted molar refractivity (Wildman–Crippen MR) is 44.7 cm³/mol. The zero-order valence-corrected chi connectivity index (χ0v) is 7.87. The van der Waals surface area contributed by atoms with Gasteiger partial charge in [0, 0.05) is 0 Å². The molecule has 0 heterocycles. The molecule has 0 atom stereocenters. The molecule has 0 bridgehead atoms. The minimum Gasteiger partial charge on any atom is -0.375 e. The summed E-state index contributed by atoms with van der Waals surface area (Å²) in [6, 6.07) is 0. The van der Waals surface area contributed by atoms with E-state index in [1.54, 1.807) is 0 Å². The number of nitrogens with one attached hydrogen (secondary N) is 1. The number of amides is 2. The summed E-state index contributed by atoms with van der Waals surface area (Å²) in [5, 5.41) is 0. The lowest BCUT2D eigenvalue weighted by molar-refractivity contribution is -0.139. The third-order valence-corrected chi connectivity index (χ3v) is 1.12. The molecule has 0 saturated carbocycles. The molecule has 0 aromatic carbocycles. The van der Waals surface area contributed by atoms with Gasteiger partial charge in [0.15, 0.2) is 6.61 Å². The largest absolute Gasteiger partial charge is 0.375 e. The lowest BCUT2D eigenvalue weighted by atomic mass is 10.4. The van der Waals surface area contributed by atoms with Gasteiger partial charge >= 0.3 is 0 Å².